The smallest absolute Gasteiger partial charge is 0.416 e. The second kappa shape index (κ2) is 8.98. The van der Waals surface area contributed by atoms with E-state index in [0.717, 1.165) is 31.4 Å². The Morgan fingerprint density at radius 1 is 1.06 bits per heavy atom. The minimum atomic E-state index is -4.41. The number of sulfonamides is 1. The topological polar surface area (TPSA) is 75.7 Å². The Labute approximate surface area is 190 Å². The molecule has 0 aromatic heterocycles. The van der Waals surface area contributed by atoms with Crippen molar-refractivity contribution in [2.75, 3.05) is 25.5 Å². The SMILES string of the molecule is COc1ccc(S(=O)(=O)N2CCCCC2)cc1NC(=O)C1CC1c1ccc(C(F)(F)F)cc1. The van der Waals surface area contributed by atoms with Gasteiger partial charge in [0.15, 0.2) is 0 Å². The van der Waals surface area contributed by atoms with Crippen LogP contribution in [-0.4, -0.2) is 38.8 Å². The van der Waals surface area contributed by atoms with Gasteiger partial charge in [-0.25, -0.2) is 8.42 Å². The van der Waals surface area contributed by atoms with Crippen LogP contribution in [0.4, 0.5) is 18.9 Å². The molecule has 1 saturated carbocycles. The number of alkyl halides is 3. The van der Waals surface area contributed by atoms with Crippen molar-refractivity contribution < 1.29 is 31.1 Å². The van der Waals surface area contributed by atoms with E-state index < -0.39 is 27.7 Å². The fourth-order valence-electron chi connectivity index (χ4n) is 4.20. The molecule has 1 N–H and O–H groups in total. The van der Waals surface area contributed by atoms with Crippen molar-refractivity contribution >= 4 is 21.6 Å². The molecule has 0 bridgehead atoms. The molecule has 4 rings (SSSR count). The fraction of sp³-hybridized carbons (Fsp3) is 0.435. The molecule has 2 aromatic rings. The molecule has 1 saturated heterocycles. The number of carbonyl (C=O) groups excluding carboxylic acids is 1. The number of benzene rings is 2. The molecule has 6 nitrogen and oxygen atoms in total. The highest BCUT2D eigenvalue weighted by atomic mass is 32.2. The Morgan fingerprint density at radius 3 is 2.33 bits per heavy atom. The standard InChI is InChI=1S/C23H25F3N2O4S/c1-32-21-10-9-17(33(30,31)28-11-3-2-4-12-28)13-20(21)27-22(29)19-14-18(19)15-5-7-16(8-6-15)23(24,25)26/h5-10,13,18-19H,2-4,11-12,14H2,1H3,(H,27,29). The molecular weight excluding hydrogens is 457 g/mol. The van der Waals surface area contributed by atoms with E-state index in [9.17, 15) is 26.4 Å². The van der Waals surface area contributed by atoms with Gasteiger partial charge in [0.25, 0.3) is 0 Å². The lowest BCUT2D eigenvalue weighted by Crippen LogP contribution is -2.35. The summed E-state index contributed by atoms with van der Waals surface area (Å²) >= 11 is 0. The van der Waals surface area contributed by atoms with Gasteiger partial charge in [0.2, 0.25) is 15.9 Å². The molecule has 2 aliphatic rings. The summed E-state index contributed by atoms with van der Waals surface area (Å²) in [5.74, 6) is -0.592. The van der Waals surface area contributed by atoms with Gasteiger partial charge in [-0.1, -0.05) is 18.6 Å². The number of nitrogens with one attached hydrogen (secondary N) is 1. The molecule has 10 heteroatoms. The first-order valence-corrected chi connectivity index (χ1v) is 12.2. The van der Waals surface area contributed by atoms with E-state index in [1.165, 1.54) is 41.7 Å². The van der Waals surface area contributed by atoms with E-state index >= 15 is 0 Å². The van der Waals surface area contributed by atoms with Gasteiger partial charge < -0.3 is 10.1 Å². The van der Waals surface area contributed by atoms with E-state index in [1.807, 2.05) is 0 Å². The van der Waals surface area contributed by atoms with Gasteiger partial charge in [-0.05, 0) is 61.1 Å². The lowest BCUT2D eigenvalue weighted by Gasteiger charge is -2.26. The molecule has 1 aliphatic carbocycles. The molecule has 2 atom stereocenters. The highest BCUT2D eigenvalue weighted by Gasteiger charge is 2.44. The maximum Gasteiger partial charge on any atom is 0.416 e. The number of anilines is 1. The average Bonchev–Trinajstić information content (AvgIpc) is 3.60. The summed E-state index contributed by atoms with van der Waals surface area (Å²) in [6, 6.07) is 9.19. The van der Waals surface area contributed by atoms with Crippen molar-refractivity contribution in [3.8, 4) is 5.75 Å². The molecule has 1 amide bonds. The maximum absolute atomic E-state index is 13.0. The largest absolute Gasteiger partial charge is 0.495 e. The number of ether oxygens (including phenoxy) is 1. The van der Waals surface area contributed by atoms with Gasteiger partial charge in [0, 0.05) is 19.0 Å². The van der Waals surface area contributed by atoms with Crippen molar-refractivity contribution in [2.45, 2.75) is 42.7 Å². The normalized spacial score (nSPS) is 21.5. The van der Waals surface area contributed by atoms with Gasteiger partial charge in [0.05, 0.1) is 23.3 Å². The Hall–Kier alpha value is -2.59. The van der Waals surface area contributed by atoms with Crippen LogP contribution < -0.4 is 10.1 Å². The molecule has 1 aliphatic heterocycles. The lowest BCUT2D eigenvalue weighted by atomic mass is 10.1. The zero-order chi connectivity index (χ0) is 23.8. The molecule has 0 radical (unpaired) electrons. The third-order valence-electron chi connectivity index (χ3n) is 6.17. The average molecular weight is 483 g/mol. The zero-order valence-corrected chi connectivity index (χ0v) is 18.9. The predicted molar refractivity (Wildman–Crippen MR) is 117 cm³/mol. The van der Waals surface area contributed by atoms with Gasteiger partial charge in [0.1, 0.15) is 5.75 Å². The number of rotatable bonds is 6. The second-order valence-corrected chi connectivity index (χ2v) is 10.3. The third kappa shape index (κ3) is 5.01. The quantitative estimate of drug-likeness (QED) is 0.652. The van der Waals surface area contributed by atoms with E-state index in [0.29, 0.717) is 30.8 Å². The van der Waals surface area contributed by atoms with Crippen LogP contribution in [0.2, 0.25) is 0 Å². The van der Waals surface area contributed by atoms with Crippen LogP contribution >= 0.6 is 0 Å². The molecule has 2 fully saturated rings. The first kappa shape index (κ1) is 23.6. The van der Waals surface area contributed by atoms with Crippen LogP contribution in [0.15, 0.2) is 47.4 Å². The number of nitrogens with zero attached hydrogens (tertiary/aromatic N) is 1. The first-order valence-electron chi connectivity index (χ1n) is 10.8. The fourth-order valence-corrected chi connectivity index (χ4v) is 5.74. The van der Waals surface area contributed by atoms with Gasteiger partial charge in [-0.15, -0.1) is 0 Å². The van der Waals surface area contributed by atoms with Crippen LogP contribution in [0, 0.1) is 5.92 Å². The second-order valence-electron chi connectivity index (χ2n) is 8.38. The molecular formula is C23H25F3N2O4S. The number of hydrogen-bond acceptors (Lipinski definition) is 4. The Kier molecular flexibility index (Phi) is 6.41. The highest BCUT2D eigenvalue weighted by molar-refractivity contribution is 7.89. The number of halogens is 3. The van der Waals surface area contributed by atoms with Crippen LogP contribution in [0.5, 0.6) is 5.75 Å². The van der Waals surface area contributed by atoms with Crippen molar-refractivity contribution in [1.29, 1.82) is 0 Å². The van der Waals surface area contributed by atoms with Crippen LogP contribution in [-0.2, 0) is 21.0 Å². The van der Waals surface area contributed by atoms with Crippen LogP contribution in [0.1, 0.15) is 42.7 Å². The maximum atomic E-state index is 13.0. The van der Waals surface area contributed by atoms with Crippen molar-refractivity contribution in [3.63, 3.8) is 0 Å². The van der Waals surface area contributed by atoms with E-state index in [-0.39, 0.29) is 22.4 Å². The van der Waals surface area contributed by atoms with Crippen molar-refractivity contribution in [2.24, 2.45) is 5.92 Å². The van der Waals surface area contributed by atoms with E-state index in [1.54, 1.807) is 0 Å². The molecule has 33 heavy (non-hydrogen) atoms. The Morgan fingerprint density at radius 2 is 1.73 bits per heavy atom. The number of carbonyl (C=O) groups is 1. The molecule has 0 spiro atoms. The van der Waals surface area contributed by atoms with Crippen molar-refractivity contribution in [3.05, 3.63) is 53.6 Å². The van der Waals surface area contributed by atoms with Crippen LogP contribution in [0.3, 0.4) is 0 Å². The monoisotopic (exact) mass is 482 g/mol. The summed E-state index contributed by atoms with van der Waals surface area (Å²) in [6.07, 6.45) is -1.28. The van der Waals surface area contributed by atoms with E-state index in [4.69, 9.17) is 4.74 Å². The van der Waals surface area contributed by atoms with Gasteiger partial charge in [-0.3, -0.25) is 4.79 Å². The summed E-state index contributed by atoms with van der Waals surface area (Å²) < 4.78 is 71.0. The number of piperidine rings is 1. The molecule has 1 heterocycles. The zero-order valence-electron chi connectivity index (χ0n) is 18.1. The molecule has 2 unspecified atom stereocenters. The minimum Gasteiger partial charge on any atom is -0.495 e. The van der Waals surface area contributed by atoms with Gasteiger partial charge >= 0.3 is 6.18 Å². The molecule has 2 aromatic carbocycles. The van der Waals surface area contributed by atoms with Crippen LogP contribution in [0.25, 0.3) is 0 Å². The number of amides is 1. The summed E-state index contributed by atoms with van der Waals surface area (Å²) in [5.41, 5.74) is 0.180. The summed E-state index contributed by atoms with van der Waals surface area (Å²) in [6.45, 7) is 0.930. The summed E-state index contributed by atoms with van der Waals surface area (Å²) in [5, 5.41) is 2.75. The predicted octanol–water partition coefficient (Wildman–Crippen LogP) is 4.63. The van der Waals surface area contributed by atoms with Crippen molar-refractivity contribution in [1.82, 2.24) is 4.31 Å². The van der Waals surface area contributed by atoms with Gasteiger partial charge in [-0.2, -0.15) is 17.5 Å². The highest BCUT2D eigenvalue weighted by Crippen LogP contribution is 2.48. The molecule has 178 valence electrons. The Balaban J connectivity index is 1.48. The lowest BCUT2D eigenvalue weighted by molar-refractivity contribution is -0.137. The first-order chi connectivity index (χ1) is 15.6. The third-order valence-corrected chi connectivity index (χ3v) is 8.07. The summed E-state index contributed by atoms with van der Waals surface area (Å²) in [7, 11) is -2.26. The van der Waals surface area contributed by atoms with E-state index in [2.05, 4.69) is 5.32 Å². The number of hydrogen-bond donors (Lipinski definition) is 1. The number of methoxy groups -OCH3 is 1. The Bertz CT molecular complexity index is 1130. The summed E-state index contributed by atoms with van der Waals surface area (Å²) in [4.78, 5) is 12.9. The minimum absolute atomic E-state index is 0.0792.